The van der Waals surface area contributed by atoms with Crippen molar-refractivity contribution in [2.24, 2.45) is 0 Å². The molecule has 12 radical (unpaired) electrons. The summed E-state index contributed by atoms with van der Waals surface area (Å²) in [6.45, 7) is 0.0294. The molecule has 1 fully saturated rings. The number of amides is 2. The zero-order chi connectivity index (χ0) is 24.1. The van der Waals surface area contributed by atoms with Crippen molar-refractivity contribution >= 4 is 75.5 Å². The molecule has 4 rings (SSSR count). The first kappa shape index (κ1) is 23.3. The second-order valence-electron chi connectivity index (χ2n) is 7.89. The Hall–Kier alpha value is -2.84. The summed E-state index contributed by atoms with van der Waals surface area (Å²) in [5.41, 5.74) is 0.781. The predicted octanol–water partition coefficient (Wildman–Crippen LogP) is -0.215. The van der Waals surface area contributed by atoms with Gasteiger partial charge in [0.05, 0.1) is 72.1 Å². The Labute approximate surface area is 197 Å². The van der Waals surface area contributed by atoms with Crippen LogP contribution in [0.15, 0.2) is 36.7 Å². The first-order valence-electron chi connectivity index (χ1n) is 9.72. The molecule has 0 saturated carbocycles. The van der Waals surface area contributed by atoms with Crippen LogP contribution in [-0.2, 0) is 0 Å². The van der Waals surface area contributed by atoms with E-state index >= 15 is 0 Å². The molecule has 15 heteroatoms. The number of rotatable bonds is 5. The Balaban J connectivity index is 1.66. The Morgan fingerprint density at radius 3 is 2.39 bits per heavy atom. The maximum Gasteiger partial charge on any atom is 0.322 e. The molecule has 0 aliphatic carbocycles. The number of anilines is 2. The summed E-state index contributed by atoms with van der Waals surface area (Å²) >= 11 is 0. The van der Waals surface area contributed by atoms with Crippen molar-refractivity contribution < 1.29 is 13.6 Å². The number of pyridine rings is 1. The summed E-state index contributed by atoms with van der Waals surface area (Å²) in [4.78, 5) is 18.6. The molecule has 7 nitrogen and oxygen atoms in total. The van der Waals surface area contributed by atoms with Crippen LogP contribution in [0.25, 0.3) is 16.7 Å². The molecule has 0 atom stereocenters. The van der Waals surface area contributed by atoms with Gasteiger partial charge < -0.3 is 15.1 Å². The second-order valence-corrected chi connectivity index (χ2v) is 7.89. The van der Waals surface area contributed by atoms with Gasteiger partial charge in [0.1, 0.15) is 17.7 Å². The molecule has 3 aromatic rings. The SMILES string of the molecule is [B]C([B])([B])N(c1cnc2nn(-c3cc(NC(=O)N4CC(F)C4)ccc3F)cc2c1)C([B])([B])[B]. The van der Waals surface area contributed by atoms with Crippen molar-refractivity contribution in [3.05, 3.63) is 42.5 Å². The number of urea groups is 1. The summed E-state index contributed by atoms with van der Waals surface area (Å²) < 4.78 is 28.8. The highest BCUT2D eigenvalue weighted by atomic mass is 19.1. The topological polar surface area (TPSA) is 66.3 Å². The average molecular weight is 431 g/mol. The van der Waals surface area contributed by atoms with Crippen molar-refractivity contribution in [1.82, 2.24) is 19.7 Å². The van der Waals surface area contributed by atoms with Gasteiger partial charge in [0, 0.05) is 17.3 Å². The van der Waals surface area contributed by atoms with Gasteiger partial charge in [-0.2, -0.15) is 0 Å². The number of halogens is 2. The molecule has 2 amide bonds. The predicted molar refractivity (Wildman–Crippen MR) is 127 cm³/mol. The number of hydrogen-bond donors (Lipinski definition) is 1. The maximum atomic E-state index is 14.6. The summed E-state index contributed by atoms with van der Waals surface area (Å²) in [5, 5.41) is 3.26. The van der Waals surface area contributed by atoms with Crippen LogP contribution in [0.4, 0.5) is 25.0 Å². The lowest BCUT2D eigenvalue weighted by Gasteiger charge is -2.50. The van der Waals surface area contributed by atoms with E-state index in [1.54, 1.807) is 0 Å². The fourth-order valence-corrected chi connectivity index (χ4v) is 3.49. The smallest absolute Gasteiger partial charge is 0.322 e. The third-order valence-electron chi connectivity index (χ3n) is 4.95. The van der Waals surface area contributed by atoms with E-state index in [-0.39, 0.29) is 30.1 Å². The number of benzene rings is 1. The molecule has 0 bridgehead atoms. The van der Waals surface area contributed by atoms with Crippen LogP contribution < -0.4 is 10.2 Å². The number of fused-ring (bicyclic) bond motifs is 1. The fourth-order valence-electron chi connectivity index (χ4n) is 3.49. The van der Waals surface area contributed by atoms with Gasteiger partial charge in [-0.15, -0.1) is 5.10 Å². The van der Waals surface area contributed by atoms with Crippen LogP contribution in [0, 0.1) is 5.82 Å². The maximum absolute atomic E-state index is 14.6. The van der Waals surface area contributed by atoms with Crippen molar-refractivity contribution in [3.8, 4) is 5.69 Å². The number of hydrogen-bond acceptors (Lipinski definition) is 4. The molecule has 152 valence electrons. The Bertz CT molecular complexity index is 1190. The average Bonchev–Trinajstić information content (AvgIpc) is 3.07. The lowest BCUT2D eigenvalue weighted by atomic mass is 9.40. The van der Waals surface area contributed by atoms with Crippen molar-refractivity contribution in [2.75, 3.05) is 23.3 Å². The van der Waals surface area contributed by atoms with Gasteiger partial charge in [0.15, 0.2) is 5.65 Å². The van der Waals surface area contributed by atoms with E-state index in [1.807, 2.05) is 0 Å². The molecule has 1 aliphatic rings. The van der Waals surface area contributed by atoms with E-state index in [4.69, 9.17) is 47.1 Å². The van der Waals surface area contributed by atoms with E-state index in [2.05, 4.69) is 15.4 Å². The van der Waals surface area contributed by atoms with Gasteiger partial charge in [-0.05, 0) is 24.3 Å². The summed E-state index contributed by atoms with van der Waals surface area (Å²) in [6.07, 6.45) is 1.75. The van der Waals surface area contributed by atoms with Gasteiger partial charge in [-0.1, -0.05) is 10.5 Å². The van der Waals surface area contributed by atoms with Crippen LogP contribution in [-0.4, -0.2) is 103 Å². The number of nitrogens with one attached hydrogen (secondary N) is 1. The van der Waals surface area contributed by atoms with Crippen molar-refractivity contribution in [1.29, 1.82) is 0 Å². The van der Waals surface area contributed by atoms with Crippen molar-refractivity contribution in [3.63, 3.8) is 0 Å². The molecule has 1 aliphatic heterocycles. The lowest BCUT2D eigenvalue weighted by Crippen LogP contribution is -2.64. The van der Waals surface area contributed by atoms with Crippen LogP contribution in [0.5, 0.6) is 0 Å². The zero-order valence-corrected chi connectivity index (χ0v) is 17.3. The first-order valence-corrected chi connectivity index (χ1v) is 9.72. The van der Waals surface area contributed by atoms with Crippen LogP contribution in [0.2, 0.25) is 0 Å². The van der Waals surface area contributed by atoms with Gasteiger partial charge in [-0.25, -0.2) is 23.2 Å². The Morgan fingerprint density at radius 2 is 1.79 bits per heavy atom. The molecule has 1 N–H and O–H groups in total. The summed E-state index contributed by atoms with van der Waals surface area (Å²) in [7, 11) is 34.5. The third-order valence-corrected chi connectivity index (χ3v) is 4.95. The third kappa shape index (κ3) is 4.77. The summed E-state index contributed by atoms with van der Waals surface area (Å²) in [5.74, 6) is -0.606. The largest absolute Gasteiger partial charge is 0.410 e. The number of aromatic nitrogens is 3. The number of likely N-dealkylation sites (tertiary alicyclic amines) is 1. The zero-order valence-electron chi connectivity index (χ0n) is 17.3. The number of nitrogens with zero attached hydrogens (tertiary/aromatic N) is 5. The molecule has 33 heavy (non-hydrogen) atoms. The molecular weight excluding hydrogens is 419 g/mol. The number of alkyl halides is 1. The quantitative estimate of drug-likeness (QED) is 0.568. The van der Waals surface area contributed by atoms with Crippen LogP contribution in [0.1, 0.15) is 0 Å². The van der Waals surface area contributed by atoms with E-state index < -0.39 is 28.5 Å². The fraction of sp³-hybridized carbons (Fsp3) is 0.278. The van der Waals surface area contributed by atoms with Gasteiger partial charge in [0.25, 0.3) is 0 Å². The normalized spacial score (nSPS) is 14.8. The van der Waals surface area contributed by atoms with Crippen molar-refractivity contribution in [2.45, 2.75) is 16.6 Å². The highest BCUT2D eigenvalue weighted by molar-refractivity contribution is 6.66. The second kappa shape index (κ2) is 8.18. The lowest BCUT2D eigenvalue weighted by molar-refractivity contribution is 0.0974. The van der Waals surface area contributed by atoms with Gasteiger partial charge in [-0.3, -0.25) is 0 Å². The standard InChI is InChI=1S/C18H12B6F2N6O/c19-17(20,21)32(18(22,23)24)12-3-9-6-31(29-15(9)27-5-12)14-4-11(1-2-13(14)26)28-16(33)30-7-10(25)8-30/h1-6,10H,7-8H2,(H,28,33). The van der Waals surface area contributed by atoms with Crippen LogP contribution >= 0.6 is 0 Å². The highest BCUT2D eigenvalue weighted by Crippen LogP contribution is 2.28. The Morgan fingerprint density at radius 1 is 1.12 bits per heavy atom. The highest BCUT2D eigenvalue weighted by Gasteiger charge is 2.31. The molecule has 0 spiro atoms. The minimum atomic E-state index is -2.01. The molecule has 2 aromatic heterocycles. The van der Waals surface area contributed by atoms with E-state index in [1.165, 1.54) is 46.2 Å². The summed E-state index contributed by atoms with van der Waals surface area (Å²) in [6, 6.07) is 4.97. The number of carbonyl (C=O) groups is 1. The first-order chi connectivity index (χ1) is 15.3. The minimum Gasteiger partial charge on any atom is -0.410 e. The molecule has 0 unspecified atom stereocenters. The Kier molecular flexibility index (Phi) is 5.78. The molecular formula is C18H12B6F2N6O. The van der Waals surface area contributed by atoms with E-state index in [0.717, 1.165) is 4.90 Å². The molecule has 1 aromatic carbocycles. The van der Waals surface area contributed by atoms with Gasteiger partial charge in [0.2, 0.25) is 0 Å². The molecule has 3 heterocycles. The number of carbonyl (C=O) groups excluding carboxylic acids is 1. The van der Waals surface area contributed by atoms with Gasteiger partial charge >= 0.3 is 6.03 Å². The van der Waals surface area contributed by atoms with Crippen LogP contribution in [0.3, 0.4) is 0 Å². The van der Waals surface area contributed by atoms with E-state index in [0.29, 0.717) is 11.1 Å². The molecule has 1 saturated heterocycles. The van der Waals surface area contributed by atoms with E-state index in [9.17, 15) is 13.6 Å². The monoisotopic (exact) mass is 432 g/mol. The minimum absolute atomic E-state index is 0.0147.